The number of rotatable bonds is 12. The van der Waals surface area contributed by atoms with Crippen LogP contribution in [-0.4, -0.2) is 45.2 Å². The topological polar surface area (TPSA) is 87.8 Å². The minimum Gasteiger partial charge on any atom is -0.402 e. The maximum absolute atomic E-state index is 13.0. The lowest BCUT2D eigenvalue weighted by Gasteiger charge is -2.33. The maximum Gasteiger partial charge on any atom is 0.250 e. The summed E-state index contributed by atoms with van der Waals surface area (Å²) in [6, 6.07) is 23.3. The van der Waals surface area contributed by atoms with E-state index in [2.05, 4.69) is 34.8 Å². The second-order valence-corrected chi connectivity index (χ2v) is 12.6. The summed E-state index contributed by atoms with van der Waals surface area (Å²) in [6.07, 6.45) is 5.56. The molecule has 1 aromatic heterocycles. The molecule has 2 aromatic carbocycles. The number of hydrogen-bond acceptors (Lipinski definition) is 6. The number of nitrogens with zero attached hydrogens (tertiary/aromatic N) is 2. The molecule has 0 spiro atoms. The number of nitrogens with one attached hydrogen (secondary N) is 1. The molecular weight excluding hydrogens is 512 g/mol. The Hall–Kier alpha value is -2.78. The molecule has 3 aromatic rings. The van der Waals surface area contributed by atoms with E-state index in [1.807, 2.05) is 48.5 Å². The van der Waals surface area contributed by atoms with Gasteiger partial charge in [-0.1, -0.05) is 66.7 Å². The van der Waals surface area contributed by atoms with Crippen molar-refractivity contribution in [2.45, 2.75) is 42.9 Å². The van der Waals surface area contributed by atoms with Gasteiger partial charge in [0.15, 0.2) is 0 Å². The lowest BCUT2D eigenvalue weighted by atomic mass is 9.90. The molecule has 1 aliphatic heterocycles. The van der Waals surface area contributed by atoms with Crippen molar-refractivity contribution in [3.8, 4) is 0 Å². The number of benzene rings is 2. The van der Waals surface area contributed by atoms with Crippen LogP contribution in [0.3, 0.4) is 0 Å². The third-order valence-electron chi connectivity index (χ3n) is 6.92. The smallest absolute Gasteiger partial charge is 0.250 e. The maximum atomic E-state index is 13.0. The zero-order valence-electron chi connectivity index (χ0n) is 22.0. The van der Waals surface area contributed by atoms with E-state index in [0.29, 0.717) is 16.5 Å². The molecule has 38 heavy (non-hydrogen) atoms. The molecule has 6 nitrogen and oxygen atoms in total. The van der Waals surface area contributed by atoms with Crippen LogP contribution in [0, 0.1) is 5.92 Å². The third-order valence-corrected chi connectivity index (χ3v) is 9.79. The summed E-state index contributed by atoms with van der Waals surface area (Å²) in [6.45, 7) is 5.55. The fourth-order valence-corrected chi connectivity index (χ4v) is 7.22. The zero-order chi connectivity index (χ0) is 26.8. The molecule has 0 saturated carbocycles. The molecule has 1 aliphatic rings. The molecule has 8 heteroatoms. The standard InChI is InChI=1S/C30H38N4O2S2/c1-2-32-29(23-27(31)22-24-10-5-3-6-11-24)26-15-18-34(19-16-26)20-17-28(25-12-7-4-8-13-25)33-38(35,36)30-14-9-21-37-30/h3-14,21,23,26,28,33H,2,15-20,22,31H2,1H3/b27-23-,32-29?/t28-/m0/s1. The lowest BCUT2D eigenvalue weighted by Crippen LogP contribution is -2.38. The SMILES string of the molecule is CCN=C(/C=C(\N)Cc1ccccc1)C1CCN(CC[C@H](NS(=O)(=O)c2cccs2)c2ccccc2)CC1. The highest BCUT2D eigenvalue weighted by molar-refractivity contribution is 7.91. The summed E-state index contributed by atoms with van der Waals surface area (Å²) in [4.78, 5) is 7.24. The Balaban J connectivity index is 1.35. The van der Waals surface area contributed by atoms with Crippen LogP contribution < -0.4 is 10.5 Å². The minimum absolute atomic E-state index is 0.279. The van der Waals surface area contributed by atoms with Crippen LogP contribution in [0.25, 0.3) is 0 Å². The largest absolute Gasteiger partial charge is 0.402 e. The number of piperidine rings is 1. The third kappa shape index (κ3) is 8.11. The van der Waals surface area contributed by atoms with Crippen LogP contribution in [0.1, 0.15) is 43.4 Å². The Kier molecular flexibility index (Phi) is 10.3. The van der Waals surface area contributed by atoms with E-state index in [1.54, 1.807) is 17.5 Å². The molecule has 0 aliphatic carbocycles. The van der Waals surface area contributed by atoms with Gasteiger partial charge in [-0.15, -0.1) is 11.3 Å². The van der Waals surface area contributed by atoms with E-state index in [1.165, 1.54) is 16.9 Å². The van der Waals surface area contributed by atoms with Gasteiger partial charge in [0.25, 0.3) is 10.0 Å². The van der Waals surface area contributed by atoms with Crippen molar-refractivity contribution in [1.82, 2.24) is 9.62 Å². The summed E-state index contributed by atoms with van der Waals surface area (Å²) in [5.74, 6) is 0.391. The van der Waals surface area contributed by atoms with Crippen LogP contribution in [0.2, 0.25) is 0 Å². The Morgan fingerprint density at radius 3 is 2.39 bits per heavy atom. The molecule has 1 fully saturated rings. The van der Waals surface area contributed by atoms with Gasteiger partial charge >= 0.3 is 0 Å². The number of allylic oxidation sites excluding steroid dienone is 2. The Bertz CT molecular complexity index is 1280. The number of hydrogen-bond donors (Lipinski definition) is 2. The molecule has 2 heterocycles. The number of aliphatic imine (C=N–C) groups is 1. The number of likely N-dealkylation sites (tertiary alicyclic amines) is 1. The van der Waals surface area contributed by atoms with Gasteiger partial charge in [0.1, 0.15) is 4.21 Å². The second-order valence-electron chi connectivity index (χ2n) is 9.70. The predicted molar refractivity (Wildman–Crippen MR) is 158 cm³/mol. The van der Waals surface area contributed by atoms with Gasteiger partial charge in [0.05, 0.1) is 0 Å². The predicted octanol–water partition coefficient (Wildman–Crippen LogP) is 5.42. The molecule has 0 amide bonds. The number of nitrogens with two attached hydrogens (primary N) is 1. The summed E-state index contributed by atoms with van der Waals surface area (Å²) in [5, 5.41) is 1.79. The van der Waals surface area contributed by atoms with Crippen LogP contribution >= 0.6 is 11.3 Å². The van der Waals surface area contributed by atoms with E-state index in [0.717, 1.165) is 62.4 Å². The molecule has 1 atom stereocenters. The highest BCUT2D eigenvalue weighted by Crippen LogP contribution is 2.25. The molecule has 0 bridgehead atoms. The van der Waals surface area contributed by atoms with Gasteiger partial charge < -0.3 is 10.6 Å². The quantitative estimate of drug-likeness (QED) is 0.295. The molecule has 3 N–H and O–H groups in total. The summed E-state index contributed by atoms with van der Waals surface area (Å²) in [5.41, 5.74) is 10.5. The Labute approximate surface area is 231 Å². The monoisotopic (exact) mass is 550 g/mol. The van der Waals surface area contributed by atoms with Crippen LogP contribution in [0.4, 0.5) is 0 Å². The average Bonchev–Trinajstić information content (AvgIpc) is 3.49. The summed E-state index contributed by atoms with van der Waals surface area (Å²) < 4.78 is 29.2. The van der Waals surface area contributed by atoms with E-state index in [-0.39, 0.29) is 6.04 Å². The molecule has 4 rings (SSSR count). The van der Waals surface area contributed by atoms with E-state index < -0.39 is 10.0 Å². The fraction of sp³-hybridized carbons (Fsp3) is 0.367. The Morgan fingerprint density at radius 2 is 1.76 bits per heavy atom. The Morgan fingerprint density at radius 1 is 1.08 bits per heavy atom. The highest BCUT2D eigenvalue weighted by atomic mass is 32.2. The van der Waals surface area contributed by atoms with E-state index in [4.69, 9.17) is 10.7 Å². The fourth-order valence-electron chi connectivity index (χ4n) is 4.95. The molecule has 0 radical (unpaired) electrons. The van der Waals surface area contributed by atoms with Crippen LogP contribution in [-0.2, 0) is 16.4 Å². The summed E-state index contributed by atoms with van der Waals surface area (Å²) >= 11 is 1.24. The van der Waals surface area contributed by atoms with Crippen molar-refractivity contribution < 1.29 is 8.42 Å². The first-order chi connectivity index (χ1) is 18.4. The van der Waals surface area contributed by atoms with Gasteiger partial charge in [0.2, 0.25) is 0 Å². The minimum atomic E-state index is -3.56. The molecular formula is C30H38N4O2S2. The van der Waals surface area contributed by atoms with Crippen LogP contribution in [0.15, 0.2) is 99.2 Å². The lowest BCUT2D eigenvalue weighted by molar-refractivity contribution is 0.202. The van der Waals surface area contributed by atoms with Crippen molar-refractivity contribution >= 4 is 27.1 Å². The van der Waals surface area contributed by atoms with E-state index in [9.17, 15) is 8.42 Å². The average molecular weight is 551 g/mol. The van der Waals surface area contributed by atoms with Crippen LogP contribution in [0.5, 0.6) is 0 Å². The van der Waals surface area contributed by atoms with Gasteiger partial charge in [-0.05, 0) is 74.5 Å². The van der Waals surface area contributed by atoms with Gasteiger partial charge in [-0.25, -0.2) is 13.1 Å². The van der Waals surface area contributed by atoms with Crippen molar-refractivity contribution in [1.29, 1.82) is 0 Å². The molecule has 1 saturated heterocycles. The molecule has 0 unspecified atom stereocenters. The first kappa shape index (κ1) is 28.2. The van der Waals surface area contributed by atoms with Crippen molar-refractivity contribution in [2.24, 2.45) is 16.6 Å². The number of sulfonamides is 1. The number of thiophene rings is 1. The van der Waals surface area contributed by atoms with Gasteiger partial charge in [0, 0.05) is 36.3 Å². The second kappa shape index (κ2) is 13.8. The van der Waals surface area contributed by atoms with Crippen molar-refractivity contribution in [3.63, 3.8) is 0 Å². The van der Waals surface area contributed by atoms with Crippen molar-refractivity contribution in [2.75, 3.05) is 26.2 Å². The van der Waals surface area contributed by atoms with Crippen molar-refractivity contribution in [3.05, 3.63) is 101 Å². The first-order valence-corrected chi connectivity index (χ1v) is 15.7. The van der Waals surface area contributed by atoms with Gasteiger partial charge in [-0.3, -0.25) is 4.99 Å². The zero-order valence-corrected chi connectivity index (χ0v) is 23.6. The molecule has 202 valence electrons. The first-order valence-electron chi connectivity index (χ1n) is 13.3. The highest BCUT2D eigenvalue weighted by Gasteiger charge is 2.26. The van der Waals surface area contributed by atoms with Gasteiger partial charge in [-0.2, -0.15) is 0 Å². The van der Waals surface area contributed by atoms with E-state index >= 15 is 0 Å². The summed E-state index contributed by atoms with van der Waals surface area (Å²) in [7, 11) is -3.56. The normalized spacial score (nSPS) is 17.0.